The van der Waals surface area contributed by atoms with E-state index in [2.05, 4.69) is 5.32 Å². The largest absolute Gasteiger partial charge is 0.489 e. The fourth-order valence-corrected chi connectivity index (χ4v) is 2.59. The number of ether oxygens (including phenoxy) is 1. The summed E-state index contributed by atoms with van der Waals surface area (Å²) in [6.45, 7) is 4.49. The molecule has 3 aromatic carbocycles. The number of rotatable bonds is 5. The smallest absolute Gasteiger partial charge is 0.255 e. The van der Waals surface area contributed by atoms with Crippen molar-refractivity contribution in [2.24, 2.45) is 0 Å². The number of amides is 1. The van der Waals surface area contributed by atoms with Gasteiger partial charge >= 0.3 is 0 Å². The number of aryl methyl sites for hydroxylation is 2. The molecule has 0 aliphatic rings. The highest BCUT2D eigenvalue weighted by Gasteiger charge is 2.07. The van der Waals surface area contributed by atoms with Gasteiger partial charge in [-0.3, -0.25) is 4.79 Å². The predicted octanol–water partition coefficient (Wildman–Crippen LogP) is 5.79. The first-order valence-electron chi connectivity index (χ1n) is 8.37. The molecule has 0 aliphatic heterocycles. The maximum absolute atomic E-state index is 12.3. The number of halogens is 1. The van der Waals surface area contributed by atoms with Crippen LogP contribution in [0.5, 0.6) is 5.75 Å². The van der Waals surface area contributed by atoms with Crippen LogP contribution in [-0.2, 0) is 6.61 Å². The minimum atomic E-state index is -0.122. The van der Waals surface area contributed by atoms with Gasteiger partial charge in [0.05, 0.1) is 0 Å². The van der Waals surface area contributed by atoms with Crippen LogP contribution in [0.15, 0.2) is 66.7 Å². The van der Waals surface area contributed by atoms with Gasteiger partial charge in [-0.1, -0.05) is 29.8 Å². The lowest BCUT2D eigenvalue weighted by Gasteiger charge is -2.09. The summed E-state index contributed by atoms with van der Waals surface area (Å²) in [5, 5.41) is 3.61. The van der Waals surface area contributed by atoms with E-state index in [1.54, 1.807) is 0 Å². The van der Waals surface area contributed by atoms with Crippen molar-refractivity contribution in [3.63, 3.8) is 0 Å². The zero-order chi connectivity index (χ0) is 18.5. The topological polar surface area (TPSA) is 38.3 Å². The van der Waals surface area contributed by atoms with Crippen molar-refractivity contribution in [3.8, 4) is 5.75 Å². The summed E-state index contributed by atoms with van der Waals surface area (Å²) in [4.78, 5) is 12.3. The molecule has 0 bridgehead atoms. The quantitative estimate of drug-likeness (QED) is 0.621. The highest BCUT2D eigenvalue weighted by atomic mass is 35.5. The van der Waals surface area contributed by atoms with Crippen molar-refractivity contribution >= 4 is 23.2 Å². The lowest BCUT2D eigenvalue weighted by molar-refractivity contribution is 0.102. The van der Waals surface area contributed by atoms with Crippen molar-refractivity contribution in [1.82, 2.24) is 0 Å². The second kappa shape index (κ2) is 8.07. The van der Waals surface area contributed by atoms with Gasteiger partial charge in [0, 0.05) is 16.3 Å². The van der Waals surface area contributed by atoms with Gasteiger partial charge in [-0.05, 0) is 79.1 Å². The third-order valence-electron chi connectivity index (χ3n) is 4.20. The molecule has 0 spiro atoms. The van der Waals surface area contributed by atoms with E-state index in [9.17, 15) is 4.79 Å². The Morgan fingerprint density at radius 3 is 2.27 bits per heavy atom. The average Bonchev–Trinajstić information content (AvgIpc) is 2.64. The maximum Gasteiger partial charge on any atom is 0.255 e. The summed E-state index contributed by atoms with van der Waals surface area (Å²) < 4.78 is 5.75. The Kier molecular flexibility index (Phi) is 5.59. The Labute approximate surface area is 158 Å². The molecule has 3 aromatic rings. The van der Waals surface area contributed by atoms with Gasteiger partial charge in [0.2, 0.25) is 0 Å². The summed E-state index contributed by atoms with van der Waals surface area (Å²) in [6.07, 6.45) is 0. The van der Waals surface area contributed by atoms with Crippen LogP contribution in [0.3, 0.4) is 0 Å². The van der Waals surface area contributed by atoms with Crippen LogP contribution in [0, 0.1) is 13.8 Å². The Bertz CT molecular complexity index is 902. The van der Waals surface area contributed by atoms with E-state index < -0.39 is 0 Å². The van der Waals surface area contributed by atoms with E-state index in [-0.39, 0.29) is 5.91 Å². The number of carbonyl (C=O) groups excluding carboxylic acids is 1. The van der Waals surface area contributed by atoms with Crippen molar-refractivity contribution in [2.75, 3.05) is 5.32 Å². The Balaban J connectivity index is 1.59. The first-order chi connectivity index (χ1) is 12.5. The monoisotopic (exact) mass is 365 g/mol. The molecule has 1 N–H and O–H groups in total. The standard InChI is InChI=1S/C22H20ClNO2/c1-15-3-6-18(13-16(15)2)22(25)24-20-9-11-21(12-10-20)26-14-17-4-7-19(23)8-5-17/h3-13H,14H2,1-2H3,(H,24,25). The number of hydrogen-bond donors (Lipinski definition) is 1. The summed E-state index contributed by atoms with van der Waals surface area (Å²) in [7, 11) is 0. The molecule has 1 amide bonds. The lowest BCUT2D eigenvalue weighted by Crippen LogP contribution is -2.12. The van der Waals surface area contributed by atoms with Gasteiger partial charge in [0.25, 0.3) is 5.91 Å². The van der Waals surface area contributed by atoms with Gasteiger partial charge in [0.15, 0.2) is 0 Å². The molecule has 3 rings (SSSR count). The summed E-state index contributed by atoms with van der Waals surface area (Å²) in [5.41, 5.74) is 4.69. The van der Waals surface area contributed by atoms with Gasteiger partial charge in [-0.25, -0.2) is 0 Å². The van der Waals surface area contributed by atoms with Crippen LogP contribution in [0.1, 0.15) is 27.0 Å². The normalized spacial score (nSPS) is 10.4. The molecule has 0 unspecified atom stereocenters. The molecular weight excluding hydrogens is 346 g/mol. The Morgan fingerprint density at radius 1 is 0.923 bits per heavy atom. The lowest BCUT2D eigenvalue weighted by atomic mass is 10.1. The van der Waals surface area contributed by atoms with Crippen LogP contribution >= 0.6 is 11.6 Å². The molecule has 4 heteroatoms. The molecule has 0 atom stereocenters. The van der Waals surface area contributed by atoms with Crippen LogP contribution < -0.4 is 10.1 Å². The van der Waals surface area contributed by atoms with E-state index in [4.69, 9.17) is 16.3 Å². The van der Waals surface area contributed by atoms with Gasteiger partial charge in [-0.2, -0.15) is 0 Å². The fourth-order valence-electron chi connectivity index (χ4n) is 2.47. The van der Waals surface area contributed by atoms with E-state index in [1.807, 2.05) is 80.6 Å². The molecule has 26 heavy (non-hydrogen) atoms. The minimum absolute atomic E-state index is 0.122. The minimum Gasteiger partial charge on any atom is -0.489 e. The average molecular weight is 366 g/mol. The molecule has 3 nitrogen and oxygen atoms in total. The van der Waals surface area contributed by atoms with Crippen molar-refractivity contribution in [2.45, 2.75) is 20.5 Å². The second-order valence-electron chi connectivity index (χ2n) is 6.19. The molecule has 132 valence electrons. The van der Waals surface area contributed by atoms with Gasteiger partial charge < -0.3 is 10.1 Å². The van der Waals surface area contributed by atoms with Crippen molar-refractivity contribution in [3.05, 3.63) is 94.0 Å². The van der Waals surface area contributed by atoms with E-state index in [1.165, 1.54) is 5.56 Å². The molecule has 0 heterocycles. The third-order valence-corrected chi connectivity index (χ3v) is 4.45. The number of anilines is 1. The van der Waals surface area contributed by atoms with Gasteiger partial charge in [0.1, 0.15) is 12.4 Å². The summed E-state index contributed by atoms with van der Waals surface area (Å²) >= 11 is 5.87. The molecular formula is C22H20ClNO2. The van der Waals surface area contributed by atoms with Crippen LogP contribution in [0.4, 0.5) is 5.69 Å². The second-order valence-corrected chi connectivity index (χ2v) is 6.63. The number of nitrogens with one attached hydrogen (secondary N) is 1. The first kappa shape index (κ1) is 18.0. The zero-order valence-electron chi connectivity index (χ0n) is 14.8. The van der Waals surface area contributed by atoms with Crippen molar-refractivity contribution < 1.29 is 9.53 Å². The molecule has 0 aliphatic carbocycles. The molecule has 0 saturated carbocycles. The molecule has 0 radical (unpaired) electrons. The van der Waals surface area contributed by atoms with Gasteiger partial charge in [-0.15, -0.1) is 0 Å². The van der Waals surface area contributed by atoms with Crippen molar-refractivity contribution in [1.29, 1.82) is 0 Å². The van der Waals surface area contributed by atoms with E-state index in [0.29, 0.717) is 17.2 Å². The SMILES string of the molecule is Cc1ccc(C(=O)Nc2ccc(OCc3ccc(Cl)cc3)cc2)cc1C. The molecule has 0 fully saturated rings. The van der Waals surface area contributed by atoms with Crippen LogP contribution in [0.2, 0.25) is 5.02 Å². The maximum atomic E-state index is 12.3. The van der Waals surface area contributed by atoms with E-state index >= 15 is 0 Å². The number of hydrogen-bond acceptors (Lipinski definition) is 2. The molecule has 0 saturated heterocycles. The summed E-state index contributed by atoms with van der Waals surface area (Å²) in [5.74, 6) is 0.618. The number of carbonyl (C=O) groups is 1. The molecule has 0 aromatic heterocycles. The zero-order valence-corrected chi connectivity index (χ0v) is 15.5. The predicted molar refractivity (Wildman–Crippen MR) is 106 cm³/mol. The highest BCUT2D eigenvalue weighted by Crippen LogP contribution is 2.19. The third kappa shape index (κ3) is 4.64. The van der Waals surface area contributed by atoms with E-state index in [0.717, 1.165) is 22.6 Å². The summed E-state index contributed by atoms with van der Waals surface area (Å²) in [6, 6.07) is 20.6. The Hall–Kier alpha value is -2.78. The number of benzene rings is 3. The van der Waals surface area contributed by atoms with Crippen LogP contribution in [0.25, 0.3) is 0 Å². The highest BCUT2D eigenvalue weighted by molar-refractivity contribution is 6.30. The first-order valence-corrected chi connectivity index (χ1v) is 8.75. The van der Waals surface area contributed by atoms with Crippen LogP contribution in [-0.4, -0.2) is 5.91 Å². The fraction of sp³-hybridized carbons (Fsp3) is 0.136. The Morgan fingerprint density at radius 2 is 1.62 bits per heavy atom.